The average molecular weight is 390 g/mol. The van der Waals surface area contributed by atoms with Crippen LogP contribution in [0.5, 0.6) is 0 Å². The molecular weight excluding hydrogens is 368 g/mol. The Hall–Kier alpha value is -3.33. The number of aryl methyl sites for hydroxylation is 1. The maximum Gasteiger partial charge on any atom is 0.258 e. The molecule has 1 aliphatic heterocycles. The third-order valence-electron chi connectivity index (χ3n) is 5.38. The number of nitrogens with zero attached hydrogens (tertiary/aromatic N) is 7. The van der Waals surface area contributed by atoms with Gasteiger partial charge in [-0.25, -0.2) is 9.97 Å². The number of anilines is 1. The molecule has 1 aromatic carbocycles. The highest BCUT2D eigenvalue weighted by atomic mass is 16.1. The molecule has 9 nitrogen and oxygen atoms in total. The van der Waals surface area contributed by atoms with E-state index in [1.54, 1.807) is 16.9 Å². The zero-order valence-corrected chi connectivity index (χ0v) is 16.2. The zero-order chi connectivity index (χ0) is 19.8. The fraction of sp³-hybridized carbons (Fsp3) is 0.350. The smallest absolute Gasteiger partial charge is 0.258 e. The first-order valence-corrected chi connectivity index (χ1v) is 9.80. The van der Waals surface area contributed by atoms with E-state index < -0.39 is 0 Å². The summed E-state index contributed by atoms with van der Waals surface area (Å²) in [6.45, 7) is 6.53. The van der Waals surface area contributed by atoms with Crippen LogP contribution < -0.4 is 10.5 Å². The second-order valence-corrected chi connectivity index (χ2v) is 7.34. The lowest BCUT2D eigenvalue weighted by Gasteiger charge is -2.35. The number of hydrogen-bond donors (Lipinski definition) is 1. The SMILES string of the molecule is Cc1cc(N2CCN(CCc3nc4ccccc4c(=O)[nH]3)CC2)n2ncnc2n1. The van der Waals surface area contributed by atoms with Gasteiger partial charge in [-0.3, -0.25) is 9.69 Å². The molecular formula is C20H22N8O. The Labute approximate surface area is 167 Å². The molecule has 0 atom stereocenters. The summed E-state index contributed by atoms with van der Waals surface area (Å²) in [6, 6.07) is 9.51. The van der Waals surface area contributed by atoms with Crippen LogP contribution in [0.3, 0.4) is 0 Å². The summed E-state index contributed by atoms with van der Waals surface area (Å²) in [5.74, 6) is 2.41. The summed E-state index contributed by atoms with van der Waals surface area (Å²) in [7, 11) is 0. The maximum absolute atomic E-state index is 12.2. The molecule has 9 heteroatoms. The van der Waals surface area contributed by atoms with Gasteiger partial charge >= 0.3 is 0 Å². The Kier molecular flexibility index (Phi) is 4.44. The molecule has 0 amide bonds. The van der Waals surface area contributed by atoms with Crippen molar-refractivity contribution in [2.24, 2.45) is 0 Å². The Morgan fingerprint density at radius 3 is 2.79 bits per heavy atom. The minimum atomic E-state index is -0.0691. The van der Waals surface area contributed by atoms with E-state index >= 15 is 0 Å². The van der Waals surface area contributed by atoms with Crippen molar-refractivity contribution >= 4 is 22.5 Å². The lowest BCUT2D eigenvalue weighted by molar-refractivity contribution is 0.258. The highest BCUT2D eigenvalue weighted by molar-refractivity contribution is 5.77. The summed E-state index contributed by atoms with van der Waals surface area (Å²) >= 11 is 0. The first kappa shape index (κ1) is 17.7. The molecule has 1 saturated heterocycles. The molecule has 0 bridgehead atoms. The molecule has 1 N–H and O–H groups in total. The first-order chi connectivity index (χ1) is 14.2. The van der Waals surface area contributed by atoms with Gasteiger partial charge in [-0.2, -0.15) is 14.6 Å². The van der Waals surface area contributed by atoms with Gasteiger partial charge in [-0.1, -0.05) is 12.1 Å². The van der Waals surface area contributed by atoms with Gasteiger partial charge in [0.15, 0.2) is 0 Å². The minimum Gasteiger partial charge on any atom is -0.354 e. The van der Waals surface area contributed by atoms with Crippen molar-refractivity contribution in [3.05, 3.63) is 58.5 Å². The van der Waals surface area contributed by atoms with Crippen LogP contribution in [0, 0.1) is 6.92 Å². The predicted molar refractivity (Wildman–Crippen MR) is 110 cm³/mol. The van der Waals surface area contributed by atoms with Crippen molar-refractivity contribution in [1.82, 2.24) is 34.4 Å². The van der Waals surface area contributed by atoms with Gasteiger partial charge in [0.1, 0.15) is 18.0 Å². The standard InChI is InChI=1S/C20H22N8O/c1-14-12-18(28-20(23-14)21-13-22-28)27-10-8-26(9-11-27)7-6-17-24-16-5-3-2-4-15(16)19(29)25-17/h2-5,12-13H,6-11H2,1H3,(H,24,25,29). The normalized spacial score (nSPS) is 15.4. The van der Waals surface area contributed by atoms with E-state index in [-0.39, 0.29) is 5.56 Å². The molecule has 3 aromatic heterocycles. The topological polar surface area (TPSA) is 95.3 Å². The number of piperazine rings is 1. The van der Waals surface area contributed by atoms with Gasteiger partial charge < -0.3 is 9.88 Å². The van der Waals surface area contributed by atoms with Crippen LogP contribution >= 0.6 is 0 Å². The maximum atomic E-state index is 12.2. The summed E-state index contributed by atoms with van der Waals surface area (Å²) in [5, 5.41) is 4.94. The van der Waals surface area contributed by atoms with Crippen LogP contribution in [-0.2, 0) is 6.42 Å². The molecule has 0 spiro atoms. The highest BCUT2D eigenvalue weighted by Crippen LogP contribution is 2.18. The van der Waals surface area contributed by atoms with Crippen molar-refractivity contribution < 1.29 is 0 Å². The van der Waals surface area contributed by atoms with Gasteiger partial charge in [-0.15, -0.1) is 0 Å². The average Bonchev–Trinajstić information content (AvgIpc) is 3.20. The van der Waals surface area contributed by atoms with E-state index in [4.69, 9.17) is 0 Å². The number of benzene rings is 1. The number of aromatic amines is 1. The van der Waals surface area contributed by atoms with Crippen LogP contribution in [0.25, 0.3) is 16.7 Å². The molecule has 0 aliphatic carbocycles. The van der Waals surface area contributed by atoms with Crippen LogP contribution in [0.1, 0.15) is 11.5 Å². The number of para-hydroxylation sites is 1. The summed E-state index contributed by atoms with van der Waals surface area (Å²) in [5.41, 5.74) is 1.62. The number of nitrogens with one attached hydrogen (secondary N) is 1. The Morgan fingerprint density at radius 1 is 1.10 bits per heavy atom. The van der Waals surface area contributed by atoms with E-state index in [0.717, 1.165) is 62.0 Å². The molecule has 29 heavy (non-hydrogen) atoms. The Bertz CT molecular complexity index is 1220. The third kappa shape index (κ3) is 3.44. The van der Waals surface area contributed by atoms with E-state index in [1.165, 1.54) is 0 Å². The Balaban J connectivity index is 1.24. The van der Waals surface area contributed by atoms with E-state index in [2.05, 4.69) is 40.9 Å². The summed E-state index contributed by atoms with van der Waals surface area (Å²) < 4.78 is 1.80. The van der Waals surface area contributed by atoms with Crippen molar-refractivity contribution in [1.29, 1.82) is 0 Å². The molecule has 1 aliphatic rings. The van der Waals surface area contributed by atoms with Crippen LogP contribution in [0.15, 0.2) is 41.5 Å². The zero-order valence-electron chi connectivity index (χ0n) is 16.2. The lowest BCUT2D eigenvalue weighted by atomic mass is 10.2. The number of hydrogen-bond acceptors (Lipinski definition) is 7. The number of H-pyrrole nitrogens is 1. The largest absolute Gasteiger partial charge is 0.354 e. The molecule has 0 radical (unpaired) electrons. The highest BCUT2D eigenvalue weighted by Gasteiger charge is 2.20. The van der Waals surface area contributed by atoms with Gasteiger partial charge in [0.05, 0.1) is 10.9 Å². The lowest BCUT2D eigenvalue weighted by Crippen LogP contribution is -2.47. The predicted octanol–water partition coefficient (Wildman–Crippen LogP) is 1.03. The molecule has 0 unspecified atom stereocenters. The summed E-state index contributed by atoms with van der Waals surface area (Å²) in [6.07, 6.45) is 2.26. The number of rotatable bonds is 4. The van der Waals surface area contributed by atoms with Gasteiger partial charge in [0, 0.05) is 50.9 Å². The van der Waals surface area contributed by atoms with Crippen LogP contribution in [-0.4, -0.2) is 67.2 Å². The molecule has 148 valence electrons. The molecule has 4 aromatic rings. The molecule has 4 heterocycles. The fourth-order valence-corrected chi connectivity index (χ4v) is 3.85. The second-order valence-electron chi connectivity index (χ2n) is 7.34. The quantitative estimate of drug-likeness (QED) is 0.556. The third-order valence-corrected chi connectivity index (χ3v) is 5.38. The van der Waals surface area contributed by atoms with Crippen LogP contribution in [0.2, 0.25) is 0 Å². The van der Waals surface area contributed by atoms with E-state index in [0.29, 0.717) is 11.2 Å². The van der Waals surface area contributed by atoms with E-state index in [1.807, 2.05) is 25.1 Å². The second kappa shape index (κ2) is 7.25. The first-order valence-electron chi connectivity index (χ1n) is 9.80. The van der Waals surface area contributed by atoms with Gasteiger partial charge in [-0.05, 0) is 19.1 Å². The van der Waals surface area contributed by atoms with Crippen LogP contribution in [0.4, 0.5) is 5.82 Å². The van der Waals surface area contributed by atoms with Crippen molar-refractivity contribution in [3.8, 4) is 0 Å². The Morgan fingerprint density at radius 2 is 1.93 bits per heavy atom. The molecule has 5 rings (SSSR count). The minimum absolute atomic E-state index is 0.0691. The van der Waals surface area contributed by atoms with Gasteiger partial charge in [0.2, 0.25) is 0 Å². The van der Waals surface area contributed by atoms with Crippen molar-refractivity contribution in [2.45, 2.75) is 13.3 Å². The fourth-order valence-electron chi connectivity index (χ4n) is 3.85. The van der Waals surface area contributed by atoms with Crippen molar-refractivity contribution in [3.63, 3.8) is 0 Å². The van der Waals surface area contributed by atoms with E-state index in [9.17, 15) is 4.79 Å². The van der Waals surface area contributed by atoms with Crippen molar-refractivity contribution in [2.75, 3.05) is 37.6 Å². The summed E-state index contributed by atoms with van der Waals surface area (Å²) in [4.78, 5) is 33.1. The van der Waals surface area contributed by atoms with Gasteiger partial charge in [0.25, 0.3) is 11.3 Å². The monoisotopic (exact) mass is 390 g/mol. The molecule has 1 fully saturated rings. The number of aromatic nitrogens is 6. The number of fused-ring (bicyclic) bond motifs is 2. The molecule has 0 saturated carbocycles.